The van der Waals surface area contributed by atoms with Crippen molar-refractivity contribution in [2.75, 3.05) is 6.54 Å². The van der Waals surface area contributed by atoms with E-state index in [0.29, 0.717) is 19.4 Å². The monoisotopic (exact) mass is 259 g/mol. The Labute approximate surface area is 105 Å². The topological polar surface area (TPSA) is 49.3 Å². The minimum atomic E-state index is -0.634. The molecule has 1 rings (SSSR count). The average molecular weight is 260 g/mol. The molecule has 1 aromatic carbocycles. The van der Waals surface area contributed by atoms with Crippen LogP contribution < -0.4 is 5.32 Å². The fourth-order valence-corrected chi connectivity index (χ4v) is 1.65. The largest absolute Gasteiger partial charge is 0.393 e. The summed E-state index contributed by atoms with van der Waals surface area (Å²) in [6.07, 6.45) is 0.824. The van der Waals surface area contributed by atoms with Gasteiger partial charge in [-0.25, -0.2) is 4.39 Å². The lowest BCUT2D eigenvalue weighted by Gasteiger charge is -2.08. The third-order valence-corrected chi connectivity index (χ3v) is 2.59. The van der Waals surface area contributed by atoms with Crippen molar-refractivity contribution < 1.29 is 14.3 Å². The first kappa shape index (κ1) is 13.9. The predicted octanol–water partition coefficient (Wildman–Crippen LogP) is 2.37. The van der Waals surface area contributed by atoms with Crippen molar-refractivity contribution in [3.05, 3.63) is 34.6 Å². The van der Waals surface area contributed by atoms with Crippen molar-refractivity contribution in [3.63, 3.8) is 0 Å². The summed E-state index contributed by atoms with van der Waals surface area (Å²) in [5, 5.41) is 11.7. The van der Waals surface area contributed by atoms with Crippen LogP contribution in [0, 0.1) is 5.82 Å². The van der Waals surface area contributed by atoms with E-state index in [1.54, 1.807) is 6.92 Å². The molecular formula is C12H15ClFNO2. The SMILES string of the molecule is CC(O)CCCNC(=O)c1c(F)cccc1Cl. The number of halogens is 2. The van der Waals surface area contributed by atoms with Crippen LogP contribution in [-0.4, -0.2) is 23.7 Å². The van der Waals surface area contributed by atoms with Gasteiger partial charge in [0.2, 0.25) is 0 Å². The molecule has 0 saturated heterocycles. The fraction of sp³-hybridized carbons (Fsp3) is 0.417. The Morgan fingerprint density at radius 1 is 1.59 bits per heavy atom. The molecule has 17 heavy (non-hydrogen) atoms. The number of amides is 1. The third kappa shape index (κ3) is 4.32. The molecule has 0 aliphatic carbocycles. The lowest BCUT2D eigenvalue weighted by atomic mass is 10.2. The minimum Gasteiger partial charge on any atom is -0.393 e. The van der Waals surface area contributed by atoms with Gasteiger partial charge in [-0.05, 0) is 31.9 Å². The van der Waals surface area contributed by atoms with Crippen molar-refractivity contribution in [2.24, 2.45) is 0 Å². The molecule has 1 atom stereocenters. The smallest absolute Gasteiger partial charge is 0.255 e. The van der Waals surface area contributed by atoms with E-state index in [0.717, 1.165) is 0 Å². The van der Waals surface area contributed by atoms with Gasteiger partial charge in [-0.3, -0.25) is 4.79 Å². The number of aliphatic hydroxyl groups is 1. The molecule has 0 fully saturated rings. The van der Waals surface area contributed by atoms with Crippen LogP contribution in [0.4, 0.5) is 4.39 Å². The normalized spacial score (nSPS) is 12.2. The number of hydrogen-bond acceptors (Lipinski definition) is 2. The molecule has 0 aliphatic rings. The maximum atomic E-state index is 13.4. The van der Waals surface area contributed by atoms with Gasteiger partial charge in [0, 0.05) is 6.54 Å². The van der Waals surface area contributed by atoms with Gasteiger partial charge in [0.15, 0.2) is 0 Å². The Morgan fingerprint density at radius 2 is 2.29 bits per heavy atom. The molecule has 5 heteroatoms. The first-order valence-corrected chi connectivity index (χ1v) is 5.80. The van der Waals surface area contributed by atoms with Crippen molar-refractivity contribution in [1.29, 1.82) is 0 Å². The van der Waals surface area contributed by atoms with Crippen LogP contribution in [0.5, 0.6) is 0 Å². The van der Waals surface area contributed by atoms with Crippen LogP contribution in [0.3, 0.4) is 0 Å². The third-order valence-electron chi connectivity index (χ3n) is 2.27. The van der Waals surface area contributed by atoms with E-state index in [9.17, 15) is 9.18 Å². The fourth-order valence-electron chi connectivity index (χ4n) is 1.40. The maximum Gasteiger partial charge on any atom is 0.255 e. The number of aliphatic hydroxyl groups excluding tert-OH is 1. The van der Waals surface area contributed by atoms with Gasteiger partial charge in [0.25, 0.3) is 5.91 Å². The molecule has 0 heterocycles. The average Bonchev–Trinajstić information content (AvgIpc) is 2.24. The van der Waals surface area contributed by atoms with Gasteiger partial charge >= 0.3 is 0 Å². The van der Waals surface area contributed by atoms with E-state index in [1.807, 2.05) is 0 Å². The summed E-state index contributed by atoms with van der Waals surface area (Å²) in [7, 11) is 0. The number of rotatable bonds is 5. The Balaban J connectivity index is 2.53. The molecule has 94 valence electrons. The van der Waals surface area contributed by atoms with Crippen molar-refractivity contribution >= 4 is 17.5 Å². The Kier molecular flexibility index (Phi) is 5.38. The van der Waals surface area contributed by atoms with Crippen LogP contribution in [-0.2, 0) is 0 Å². The zero-order valence-electron chi connectivity index (χ0n) is 9.54. The Morgan fingerprint density at radius 3 is 2.88 bits per heavy atom. The number of carbonyl (C=O) groups excluding carboxylic acids is 1. The van der Waals surface area contributed by atoms with Crippen LogP contribution in [0.2, 0.25) is 5.02 Å². The summed E-state index contributed by atoms with van der Waals surface area (Å²) in [4.78, 5) is 11.6. The minimum absolute atomic E-state index is 0.0954. The molecule has 1 amide bonds. The van der Waals surface area contributed by atoms with Crippen molar-refractivity contribution in [1.82, 2.24) is 5.32 Å². The molecule has 0 saturated carbocycles. The van der Waals surface area contributed by atoms with E-state index in [2.05, 4.69) is 5.32 Å². The quantitative estimate of drug-likeness (QED) is 0.798. The molecule has 1 unspecified atom stereocenters. The Bertz CT molecular complexity index is 376. The van der Waals surface area contributed by atoms with E-state index < -0.39 is 17.8 Å². The molecular weight excluding hydrogens is 245 g/mol. The van der Waals surface area contributed by atoms with Gasteiger partial charge in [0.05, 0.1) is 16.7 Å². The highest BCUT2D eigenvalue weighted by Crippen LogP contribution is 2.18. The van der Waals surface area contributed by atoms with Gasteiger partial charge in [0.1, 0.15) is 5.82 Å². The summed E-state index contributed by atoms with van der Waals surface area (Å²) in [5.41, 5.74) is -0.133. The second-order valence-electron chi connectivity index (χ2n) is 3.84. The number of carbonyl (C=O) groups is 1. The molecule has 0 aliphatic heterocycles. The highest BCUT2D eigenvalue weighted by molar-refractivity contribution is 6.33. The van der Waals surface area contributed by atoms with Crippen LogP contribution in [0.1, 0.15) is 30.1 Å². The van der Waals surface area contributed by atoms with E-state index in [1.165, 1.54) is 18.2 Å². The van der Waals surface area contributed by atoms with Crippen LogP contribution in [0.15, 0.2) is 18.2 Å². The summed E-state index contributed by atoms with van der Waals surface area (Å²) < 4.78 is 13.4. The van der Waals surface area contributed by atoms with E-state index in [-0.39, 0.29) is 10.6 Å². The summed E-state index contributed by atoms with van der Waals surface area (Å²) >= 11 is 5.75. The highest BCUT2D eigenvalue weighted by atomic mass is 35.5. The summed E-state index contributed by atoms with van der Waals surface area (Å²) in [6, 6.07) is 4.10. The summed E-state index contributed by atoms with van der Waals surface area (Å²) in [5.74, 6) is -1.16. The van der Waals surface area contributed by atoms with Gasteiger partial charge in [-0.15, -0.1) is 0 Å². The highest BCUT2D eigenvalue weighted by Gasteiger charge is 2.14. The zero-order chi connectivity index (χ0) is 12.8. The van der Waals surface area contributed by atoms with Crippen molar-refractivity contribution in [2.45, 2.75) is 25.9 Å². The van der Waals surface area contributed by atoms with Gasteiger partial charge in [-0.1, -0.05) is 17.7 Å². The Hall–Kier alpha value is -1.13. The first-order valence-electron chi connectivity index (χ1n) is 5.42. The summed E-state index contributed by atoms with van der Waals surface area (Å²) in [6.45, 7) is 2.06. The standard InChI is InChI=1S/C12H15ClFNO2/c1-8(16)4-3-7-15-12(17)11-9(13)5-2-6-10(11)14/h2,5-6,8,16H,3-4,7H2,1H3,(H,15,17). The number of hydrogen-bond donors (Lipinski definition) is 2. The predicted molar refractivity (Wildman–Crippen MR) is 64.7 cm³/mol. The van der Waals surface area contributed by atoms with E-state index in [4.69, 9.17) is 16.7 Å². The second kappa shape index (κ2) is 6.57. The lowest BCUT2D eigenvalue weighted by molar-refractivity contribution is 0.0946. The number of nitrogens with one attached hydrogen (secondary N) is 1. The molecule has 0 spiro atoms. The molecule has 0 radical (unpaired) electrons. The lowest BCUT2D eigenvalue weighted by Crippen LogP contribution is -2.26. The van der Waals surface area contributed by atoms with Crippen molar-refractivity contribution in [3.8, 4) is 0 Å². The molecule has 0 aromatic heterocycles. The van der Waals surface area contributed by atoms with Crippen LogP contribution in [0.25, 0.3) is 0 Å². The van der Waals surface area contributed by atoms with E-state index >= 15 is 0 Å². The molecule has 0 bridgehead atoms. The number of benzene rings is 1. The van der Waals surface area contributed by atoms with Crippen LogP contribution >= 0.6 is 11.6 Å². The molecule has 2 N–H and O–H groups in total. The molecule has 3 nitrogen and oxygen atoms in total. The zero-order valence-corrected chi connectivity index (χ0v) is 10.3. The molecule has 1 aromatic rings. The van der Waals surface area contributed by atoms with Gasteiger partial charge in [-0.2, -0.15) is 0 Å². The first-order chi connectivity index (χ1) is 8.02. The second-order valence-corrected chi connectivity index (χ2v) is 4.25. The van der Waals surface area contributed by atoms with Gasteiger partial charge < -0.3 is 10.4 Å². The maximum absolute atomic E-state index is 13.4.